The highest BCUT2D eigenvalue weighted by Gasteiger charge is 2.30. The van der Waals surface area contributed by atoms with E-state index in [0.717, 1.165) is 32.5 Å². The van der Waals surface area contributed by atoms with Gasteiger partial charge in [0.25, 0.3) is 0 Å². The largest absolute Gasteiger partial charge is 0.389 e. The van der Waals surface area contributed by atoms with Gasteiger partial charge in [0, 0.05) is 19.7 Å². The van der Waals surface area contributed by atoms with Crippen molar-refractivity contribution in [1.29, 1.82) is 0 Å². The Bertz CT molecular complexity index is 184. The molecule has 0 spiro atoms. The first-order valence-electron chi connectivity index (χ1n) is 6.33. The molecular weight excluding hydrogens is 190 g/mol. The Morgan fingerprint density at radius 2 is 2.00 bits per heavy atom. The molecule has 3 nitrogen and oxygen atoms in total. The van der Waals surface area contributed by atoms with Crippen LogP contribution in [0.4, 0.5) is 0 Å². The van der Waals surface area contributed by atoms with Crippen LogP contribution in [0.2, 0.25) is 0 Å². The fourth-order valence-corrected chi connectivity index (χ4v) is 2.64. The van der Waals surface area contributed by atoms with Crippen molar-refractivity contribution in [3.63, 3.8) is 0 Å². The van der Waals surface area contributed by atoms with Crippen LogP contribution in [0.25, 0.3) is 0 Å². The van der Waals surface area contributed by atoms with Gasteiger partial charge in [0.2, 0.25) is 0 Å². The van der Waals surface area contributed by atoms with Crippen molar-refractivity contribution in [2.24, 2.45) is 0 Å². The van der Waals surface area contributed by atoms with Crippen LogP contribution in [0, 0.1) is 0 Å². The van der Waals surface area contributed by atoms with Crippen LogP contribution in [0.1, 0.15) is 44.9 Å². The van der Waals surface area contributed by atoms with E-state index in [-0.39, 0.29) is 0 Å². The van der Waals surface area contributed by atoms with E-state index < -0.39 is 5.60 Å². The molecule has 2 rings (SSSR count). The van der Waals surface area contributed by atoms with Crippen LogP contribution in [0.5, 0.6) is 0 Å². The second kappa shape index (κ2) is 5.28. The second-order valence-corrected chi connectivity index (χ2v) is 5.05. The van der Waals surface area contributed by atoms with E-state index >= 15 is 0 Å². The van der Waals surface area contributed by atoms with Crippen molar-refractivity contribution in [3.05, 3.63) is 0 Å². The fraction of sp³-hybridized carbons (Fsp3) is 1.00. The fourth-order valence-electron chi connectivity index (χ4n) is 2.64. The van der Waals surface area contributed by atoms with E-state index in [4.69, 9.17) is 4.74 Å². The Morgan fingerprint density at radius 3 is 2.67 bits per heavy atom. The Labute approximate surface area is 92.2 Å². The number of aliphatic hydroxyl groups is 1. The minimum absolute atomic E-state index is 0.378. The van der Waals surface area contributed by atoms with E-state index in [2.05, 4.69) is 5.32 Å². The lowest BCUT2D eigenvalue weighted by Crippen LogP contribution is -2.42. The summed E-state index contributed by atoms with van der Waals surface area (Å²) in [5.74, 6) is 0. The molecule has 0 aromatic carbocycles. The van der Waals surface area contributed by atoms with Crippen molar-refractivity contribution in [1.82, 2.24) is 5.32 Å². The molecule has 0 aromatic heterocycles. The first kappa shape index (κ1) is 11.4. The molecule has 3 heteroatoms. The summed E-state index contributed by atoms with van der Waals surface area (Å²) in [6.07, 6.45) is 8.33. The maximum absolute atomic E-state index is 10.1. The highest BCUT2D eigenvalue weighted by Crippen LogP contribution is 2.28. The van der Waals surface area contributed by atoms with E-state index in [1.54, 1.807) is 0 Å². The van der Waals surface area contributed by atoms with Crippen LogP contribution in [0.3, 0.4) is 0 Å². The monoisotopic (exact) mass is 213 g/mol. The topological polar surface area (TPSA) is 41.5 Å². The van der Waals surface area contributed by atoms with Crippen LogP contribution >= 0.6 is 0 Å². The molecule has 0 amide bonds. The summed E-state index contributed by atoms with van der Waals surface area (Å²) >= 11 is 0. The first-order chi connectivity index (χ1) is 7.29. The van der Waals surface area contributed by atoms with E-state index in [9.17, 15) is 5.11 Å². The molecular formula is C12H23NO2. The Hall–Kier alpha value is -0.120. The molecule has 88 valence electrons. The summed E-state index contributed by atoms with van der Waals surface area (Å²) in [4.78, 5) is 0. The molecule has 2 aliphatic rings. The molecule has 1 saturated heterocycles. The van der Waals surface area contributed by atoms with Crippen LogP contribution in [-0.4, -0.2) is 36.5 Å². The summed E-state index contributed by atoms with van der Waals surface area (Å²) in [6.45, 7) is 2.56. The van der Waals surface area contributed by atoms with Gasteiger partial charge in [-0.2, -0.15) is 0 Å². The zero-order valence-electron chi connectivity index (χ0n) is 9.50. The zero-order chi connectivity index (χ0) is 10.6. The maximum atomic E-state index is 10.1. The van der Waals surface area contributed by atoms with Gasteiger partial charge in [-0.1, -0.05) is 12.8 Å². The first-order valence-corrected chi connectivity index (χ1v) is 6.33. The third-order valence-corrected chi connectivity index (χ3v) is 3.63. The quantitative estimate of drug-likeness (QED) is 0.742. The summed E-state index contributed by atoms with van der Waals surface area (Å²) in [7, 11) is 0. The van der Waals surface area contributed by atoms with Gasteiger partial charge in [0.05, 0.1) is 11.7 Å². The zero-order valence-corrected chi connectivity index (χ0v) is 9.50. The standard InChI is InChI=1S/C12H23NO2/c14-12(6-2-3-7-12)10-13-9-11-5-1-4-8-15-11/h11,13-14H,1-10H2. The average molecular weight is 213 g/mol. The van der Waals surface area contributed by atoms with Gasteiger partial charge in [-0.25, -0.2) is 0 Å². The summed E-state index contributed by atoms with van der Waals surface area (Å²) < 4.78 is 5.63. The van der Waals surface area contributed by atoms with Crippen molar-refractivity contribution < 1.29 is 9.84 Å². The molecule has 1 aliphatic carbocycles. The molecule has 1 atom stereocenters. The molecule has 0 radical (unpaired) electrons. The van der Waals surface area contributed by atoms with E-state index in [0.29, 0.717) is 6.10 Å². The predicted octanol–water partition coefficient (Wildman–Crippen LogP) is 1.45. The molecule has 2 fully saturated rings. The van der Waals surface area contributed by atoms with Crippen molar-refractivity contribution in [2.75, 3.05) is 19.7 Å². The number of rotatable bonds is 4. The highest BCUT2D eigenvalue weighted by atomic mass is 16.5. The highest BCUT2D eigenvalue weighted by molar-refractivity contribution is 4.86. The molecule has 1 aliphatic heterocycles. The van der Waals surface area contributed by atoms with Gasteiger partial charge in [-0.05, 0) is 32.1 Å². The van der Waals surface area contributed by atoms with Gasteiger partial charge in [-0.3, -0.25) is 0 Å². The lowest BCUT2D eigenvalue weighted by molar-refractivity contribution is 0.00720. The molecule has 15 heavy (non-hydrogen) atoms. The van der Waals surface area contributed by atoms with Crippen LogP contribution < -0.4 is 5.32 Å². The maximum Gasteiger partial charge on any atom is 0.0771 e. The Kier molecular flexibility index (Phi) is 4.00. The van der Waals surface area contributed by atoms with E-state index in [1.165, 1.54) is 32.1 Å². The summed E-state index contributed by atoms with van der Waals surface area (Å²) in [6, 6.07) is 0. The molecule has 2 N–H and O–H groups in total. The van der Waals surface area contributed by atoms with Crippen LogP contribution in [-0.2, 0) is 4.74 Å². The van der Waals surface area contributed by atoms with Crippen molar-refractivity contribution in [2.45, 2.75) is 56.7 Å². The van der Waals surface area contributed by atoms with Gasteiger partial charge in [0.1, 0.15) is 0 Å². The van der Waals surface area contributed by atoms with E-state index in [1.807, 2.05) is 0 Å². The summed E-state index contributed by atoms with van der Waals surface area (Å²) in [5.41, 5.74) is -0.422. The SMILES string of the molecule is OC1(CNCC2CCCCO2)CCCC1. The Morgan fingerprint density at radius 1 is 1.20 bits per heavy atom. The Balaban J connectivity index is 1.61. The molecule has 1 saturated carbocycles. The van der Waals surface area contributed by atoms with Crippen LogP contribution in [0.15, 0.2) is 0 Å². The van der Waals surface area contributed by atoms with Gasteiger partial charge in [-0.15, -0.1) is 0 Å². The number of nitrogens with one attached hydrogen (secondary N) is 1. The van der Waals surface area contributed by atoms with Gasteiger partial charge >= 0.3 is 0 Å². The van der Waals surface area contributed by atoms with Crippen molar-refractivity contribution >= 4 is 0 Å². The number of ether oxygens (including phenoxy) is 1. The molecule has 0 aromatic rings. The van der Waals surface area contributed by atoms with Gasteiger partial charge < -0.3 is 15.2 Å². The lowest BCUT2D eigenvalue weighted by atomic mass is 10.0. The second-order valence-electron chi connectivity index (χ2n) is 5.05. The number of hydrogen-bond acceptors (Lipinski definition) is 3. The van der Waals surface area contributed by atoms with Gasteiger partial charge in [0.15, 0.2) is 0 Å². The number of hydrogen-bond donors (Lipinski definition) is 2. The van der Waals surface area contributed by atoms with Crippen molar-refractivity contribution in [3.8, 4) is 0 Å². The predicted molar refractivity (Wildman–Crippen MR) is 59.9 cm³/mol. The lowest BCUT2D eigenvalue weighted by Gasteiger charge is -2.26. The molecule has 1 heterocycles. The average Bonchev–Trinajstić information content (AvgIpc) is 2.67. The minimum atomic E-state index is -0.422. The smallest absolute Gasteiger partial charge is 0.0771 e. The third-order valence-electron chi connectivity index (χ3n) is 3.63. The molecule has 1 unspecified atom stereocenters. The molecule has 0 bridgehead atoms. The normalized spacial score (nSPS) is 30.6. The minimum Gasteiger partial charge on any atom is -0.389 e. The third kappa shape index (κ3) is 3.44. The summed E-state index contributed by atoms with van der Waals surface area (Å²) in [5, 5.41) is 13.5.